The molecule has 25 heavy (non-hydrogen) atoms. The standard InChI is InChI=1S/C19H22N4O2/c1-12-13(8-6-10-23(12)2)18-21-22-19(25-18)17-14-7-4-5-9-15(14)20-11-16(17)24-3/h4-5,7,9,11-13H,6,8,10H2,1-3H3/t12-,13-/m0/s1. The van der Waals surface area contributed by atoms with Gasteiger partial charge in [-0.25, -0.2) is 0 Å². The van der Waals surface area contributed by atoms with Gasteiger partial charge in [0, 0.05) is 11.4 Å². The number of likely N-dealkylation sites (tertiary alicyclic amines) is 1. The number of fused-ring (bicyclic) bond motifs is 1. The zero-order valence-electron chi connectivity index (χ0n) is 14.8. The van der Waals surface area contributed by atoms with Gasteiger partial charge in [0.25, 0.3) is 5.89 Å². The fourth-order valence-electron chi connectivity index (χ4n) is 3.63. The summed E-state index contributed by atoms with van der Waals surface area (Å²) in [5, 5.41) is 9.65. The SMILES string of the molecule is COc1cnc2ccccc2c1-c1nnc([C@H]2CCCN(C)[C@H]2C)o1. The molecule has 1 aliphatic rings. The Morgan fingerprint density at radius 2 is 2.08 bits per heavy atom. The molecule has 3 aromatic rings. The van der Waals surface area contributed by atoms with E-state index < -0.39 is 0 Å². The van der Waals surface area contributed by atoms with Crippen LogP contribution in [0.3, 0.4) is 0 Å². The molecule has 1 fully saturated rings. The summed E-state index contributed by atoms with van der Waals surface area (Å²) < 4.78 is 11.6. The van der Waals surface area contributed by atoms with E-state index in [2.05, 4.69) is 34.1 Å². The normalized spacial score (nSPS) is 21.6. The van der Waals surface area contributed by atoms with Gasteiger partial charge in [-0.15, -0.1) is 10.2 Å². The van der Waals surface area contributed by atoms with Gasteiger partial charge in [-0.2, -0.15) is 0 Å². The molecule has 130 valence electrons. The Bertz CT molecular complexity index is 892. The van der Waals surface area contributed by atoms with Gasteiger partial charge in [0.2, 0.25) is 5.89 Å². The number of benzene rings is 1. The lowest BCUT2D eigenvalue weighted by atomic mass is 9.90. The first-order chi connectivity index (χ1) is 12.2. The van der Waals surface area contributed by atoms with Crippen LogP contribution in [-0.4, -0.2) is 46.8 Å². The predicted octanol–water partition coefficient (Wildman–Crippen LogP) is 3.49. The minimum Gasteiger partial charge on any atom is -0.494 e. The molecule has 1 aliphatic heterocycles. The summed E-state index contributed by atoms with van der Waals surface area (Å²) in [6, 6.07) is 8.29. The Morgan fingerprint density at radius 3 is 2.92 bits per heavy atom. The van der Waals surface area contributed by atoms with Crippen molar-refractivity contribution < 1.29 is 9.15 Å². The summed E-state index contributed by atoms with van der Waals surface area (Å²) in [6.45, 7) is 3.33. The first-order valence-corrected chi connectivity index (χ1v) is 8.64. The van der Waals surface area contributed by atoms with E-state index in [1.807, 2.05) is 24.3 Å². The predicted molar refractivity (Wildman–Crippen MR) is 95.7 cm³/mol. The number of rotatable bonds is 3. The summed E-state index contributed by atoms with van der Waals surface area (Å²) in [7, 11) is 3.78. The molecular formula is C19H22N4O2. The second-order valence-electron chi connectivity index (χ2n) is 6.63. The molecule has 0 unspecified atom stereocenters. The molecule has 2 atom stereocenters. The lowest BCUT2D eigenvalue weighted by Gasteiger charge is -2.34. The molecule has 1 aromatic carbocycles. The highest BCUT2D eigenvalue weighted by molar-refractivity contribution is 5.95. The van der Waals surface area contributed by atoms with E-state index in [9.17, 15) is 0 Å². The van der Waals surface area contributed by atoms with Gasteiger partial charge < -0.3 is 14.1 Å². The third-order valence-corrected chi connectivity index (χ3v) is 5.24. The topological polar surface area (TPSA) is 64.3 Å². The van der Waals surface area contributed by atoms with Gasteiger partial charge in [0.05, 0.1) is 30.3 Å². The number of aromatic nitrogens is 3. The lowest BCUT2D eigenvalue weighted by Crippen LogP contribution is -2.39. The van der Waals surface area contributed by atoms with Crippen LogP contribution >= 0.6 is 0 Å². The van der Waals surface area contributed by atoms with Crippen LogP contribution in [0.2, 0.25) is 0 Å². The maximum Gasteiger partial charge on any atom is 0.252 e. The number of hydrogen-bond donors (Lipinski definition) is 0. The molecule has 6 nitrogen and oxygen atoms in total. The maximum absolute atomic E-state index is 6.12. The van der Waals surface area contributed by atoms with Crippen molar-refractivity contribution in [2.45, 2.75) is 31.7 Å². The fourth-order valence-corrected chi connectivity index (χ4v) is 3.63. The molecule has 0 bridgehead atoms. The zero-order chi connectivity index (χ0) is 17.4. The molecule has 3 heterocycles. The van der Waals surface area contributed by atoms with E-state index in [-0.39, 0.29) is 5.92 Å². The molecule has 4 rings (SSSR count). The number of pyridine rings is 1. The molecule has 0 amide bonds. The van der Waals surface area contributed by atoms with E-state index >= 15 is 0 Å². The molecule has 2 aromatic heterocycles. The fraction of sp³-hybridized carbons (Fsp3) is 0.421. The second-order valence-corrected chi connectivity index (χ2v) is 6.63. The van der Waals surface area contributed by atoms with Crippen molar-refractivity contribution in [3.63, 3.8) is 0 Å². The van der Waals surface area contributed by atoms with Crippen LogP contribution in [-0.2, 0) is 0 Å². The molecule has 0 radical (unpaired) electrons. The van der Waals surface area contributed by atoms with Gasteiger partial charge >= 0.3 is 0 Å². The first kappa shape index (κ1) is 16.0. The summed E-state index contributed by atoms with van der Waals surface area (Å²) in [5.41, 5.74) is 1.69. The van der Waals surface area contributed by atoms with Crippen molar-refractivity contribution in [2.75, 3.05) is 20.7 Å². The summed E-state index contributed by atoms with van der Waals surface area (Å²) in [5.74, 6) is 2.10. The van der Waals surface area contributed by atoms with E-state index in [1.54, 1.807) is 13.3 Å². The van der Waals surface area contributed by atoms with Crippen molar-refractivity contribution >= 4 is 10.9 Å². The number of para-hydroxylation sites is 1. The van der Waals surface area contributed by atoms with Gasteiger partial charge in [0.15, 0.2) is 5.75 Å². The number of methoxy groups -OCH3 is 1. The summed E-state index contributed by atoms with van der Waals surface area (Å²) in [4.78, 5) is 6.78. The highest BCUT2D eigenvalue weighted by Crippen LogP contribution is 2.37. The van der Waals surface area contributed by atoms with E-state index in [0.717, 1.165) is 35.9 Å². The van der Waals surface area contributed by atoms with E-state index in [0.29, 0.717) is 23.6 Å². The summed E-state index contributed by atoms with van der Waals surface area (Å²) in [6.07, 6.45) is 3.92. The van der Waals surface area contributed by atoms with Crippen LogP contribution < -0.4 is 4.74 Å². The highest BCUT2D eigenvalue weighted by atomic mass is 16.5. The first-order valence-electron chi connectivity index (χ1n) is 8.64. The van der Waals surface area contributed by atoms with Crippen molar-refractivity contribution in [1.29, 1.82) is 0 Å². The Balaban J connectivity index is 1.79. The van der Waals surface area contributed by atoms with E-state index in [1.165, 1.54) is 0 Å². The monoisotopic (exact) mass is 338 g/mol. The van der Waals surface area contributed by atoms with Crippen LogP contribution in [0.4, 0.5) is 0 Å². The molecular weight excluding hydrogens is 316 g/mol. The van der Waals surface area contributed by atoms with Gasteiger partial charge in [-0.1, -0.05) is 18.2 Å². The van der Waals surface area contributed by atoms with Gasteiger partial charge in [0.1, 0.15) is 0 Å². The number of nitrogens with zero attached hydrogens (tertiary/aromatic N) is 4. The third-order valence-electron chi connectivity index (χ3n) is 5.24. The Hall–Kier alpha value is -2.47. The highest BCUT2D eigenvalue weighted by Gasteiger charge is 2.31. The number of likely N-dealkylation sites (N-methyl/N-ethyl adjacent to an activating group) is 1. The average molecular weight is 338 g/mol. The molecule has 0 N–H and O–H groups in total. The smallest absolute Gasteiger partial charge is 0.252 e. The minimum atomic E-state index is 0.263. The van der Waals surface area contributed by atoms with Crippen LogP contribution in [0.1, 0.15) is 31.6 Å². The third kappa shape index (κ3) is 2.76. The number of piperidine rings is 1. The Labute approximate surface area is 146 Å². The Kier molecular flexibility index (Phi) is 4.13. The molecule has 0 saturated carbocycles. The van der Waals surface area contributed by atoms with Crippen LogP contribution in [0, 0.1) is 0 Å². The zero-order valence-corrected chi connectivity index (χ0v) is 14.8. The van der Waals surface area contributed by atoms with Crippen molar-refractivity contribution in [2.24, 2.45) is 0 Å². The quantitative estimate of drug-likeness (QED) is 0.728. The van der Waals surface area contributed by atoms with Crippen molar-refractivity contribution in [3.8, 4) is 17.2 Å². The second kappa shape index (κ2) is 6.44. The largest absolute Gasteiger partial charge is 0.494 e. The van der Waals surface area contributed by atoms with Crippen LogP contribution in [0.15, 0.2) is 34.9 Å². The average Bonchev–Trinajstić information content (AvgIpc) is 3.12. The maximum atomic E-state index is 6.12. The lowest BCUT2D eigenvalue weighted by molar-refractivity contribution is 0.158. The molecule has 6 heteroatoms. The molecule has 0 aliphatic carbocycles. The number of hydrogen-bond acceptors (Lipinski definition) is 6. The summed E-state index contributed by atoms with van der Waals surface area (Å²) >= 11 is 0. The minimum absolute atomic E-state index is 0.263. The molecule has 1 saturated heterocycles. The van der Waals surface area contributed by atoms with Gasteiger partial charge in [-0.3, -0.25) is 4.98 Å². The van der Waals surface area contributed by atoms with Crippen LogP contribution in [0.5, 0.6) is 5.75 Å². The Morgan fingerprint density at radius 1 is 1.24 bits per heavy atom. The van der Waals surface area contributed by atoms with Crippen LogP contribution in [0.25, 0.3) is 22.4 Å². The van der Waals surface area contributed by atoms with E-state index in [4.69, 9.17) is 9.15 Å². The molecule has 0 spiro atoms. The van der Waals surface area contributed by atoms with Crippen molar-refractivity contribution in [3.05, 3.63) is 36.4 Å². The van der Waals surface area contributed by atoms with Crippen molar-refractivity contribution in [1.82, 2.24) is 20.1 Å². The number of ether oxygens (including phenoxy) is 1. The van der Waals surface area contributed by atoms with Gasteiger partial charge in [-0.05, 0) is 39.4 Å².